The third-order valence-electron chi connectivity index (χ3n) is 3.20. The number of ether oxygens (including phenoxy) is 1. The average Bonchev–Trinajstić information content (AvgIpc) is 2.96. The summed E-state index contributed by atoms with van der Waals surface area (Å²) in [4.78, 5) is 4.37. The fourth-order valence-corrected chi connectivity index (χ4v) is 2.26. The molecule has 96 valence electrons. The van der Waals surface area contributed by atoms with Crippen LogP contribution in [0.4, 0.5) is 0 Å². The third kappa shape index (κ3) is 3.82. The predicted octanol–water partition coefficient (Wildman–Crippen LogP) is 1.60. The van der Waals surface area contributed by atoms with Crippen LogP contribution in [0.3, 0.4) is 0 Å². The van der Waals surface area contributed by atoms with E-state index >= 15 is 0 Å². The number of aromatic nitrogens is 2. The van der Waals surface area contributed by atoms with E-state index in [9.17, 15) is 0 Å². The Balaban J connectivity index is 1.65. The summed E-state index contributed by atoms with van der Waals surface area (Å²) in [6.07, 6.45) is 9.05. The number of nitrogens with zero attached hydrogens (tertiary/aromatic N) is 2. The molecule has 0 amide bonds. The minimum atomic E-state index is 0.438. The van der Waals surface area contributed by atoms with E-state index in [4.69, 9.17) is 4.74 Å². The van der Waals surface area contributed by atoms with Crippen molar-refractivity contribution in [3.05, 3.63) is 18.2 Å². The van der Waals surface area contributed by atoms with E-state index in [-0.39, 0.29) is 0 Å². The van der Waals surface area contributed by atoms with Crippen LogP contribution in [-0.2, 0) is 17.7 Å². The fraction of sp³-hybridized carbons (Fsp3) is 0.769. The van der Waals surface area contributed by atoms with E-state index < -0.39 is 0 Å². The number of hydrogen-bond donors (Lipinski definition) is 1. The highest BCUT2D eigenvalue weighted by Gasteiger charge is 2.14. The molecule has 0 bridgehead atoms. The first-order valence-electron chi connectivity index (χ1n) is 6.72. The van der Waals surface area contributed by atoms with E-state index in [0.29, 0.717) is 6.10 Å². The van der Waals surface area contributed by atoms with Crippen LogP contribution < -0.4 is 5.32 Å². The molecule has 4 nitrogen and oxygen atoms in total. The molecular formula is C13H23N3O. The molecule has 1 saturated heterocycles. The van der Waals surface area contributed by atoms with Gasteiger partial charge in [0, 0.05) is 45.1 Å². The van der Waals surface area contributed by atoms with E-state index in [1.807, 2.05) is 6.20 Å². The van der Waals surface area contributed by atoms with Crippen molar-refractivity contribution in [3.63, 3.8) is 0 Å². The Morgan fingerprint density at radius 3 is 3.29 bits per heavy atom. The lowest BCUT2D eigenvalue weighted by Crippen LogP contribution is -2.29. The van der Waals surface area contributed by atoms with Gasteiger partial charge < -0.3 is 14.6 Å². The molecule has 1 aromatic heterocycles. The van der Waals surface area contributed by atoms with Gasteiger partial charge in [0.05, 0.1) is 6.10 Å². The van der Waals surface area contributed by atoms with Crippen LogP contribution in [0.15, 0.2) is 12.4 Å². The zero-order chi connectivity index (χ0) is 11.9. The van der Waals surface area contributed by atoms with Crippen molar-refractivity contribution in [2.24, 2.45) is 0 Å². The second-order valence-electron chi connectivity index (χ2n) is 4.63. The molecule has 0 saturated carbocycles. The molecule has 17 heavy (non-hydrogen) atoms. The molecule has 0 radical (unpaired) electrons. The highest BCUT2D eigenvalue weighted by atomic mass is 16.5. The van der Waals surface area contributed by atoms with E-state index in [1.54, 1.807) is 0 Å². The minimum absolute atomic E-state index is 0.438. The summed E-state index contributed by atoms with van der Waals surface area (Å²) in [6, 6.07) is 0. The topological polar surface area (TPSA) is 39.1 Å². The maximum absolute atomic E-state index is 5.57. The molecule has 1 fully saturated rings. The summed E-state index contributed by atoms with van der Waals surface area (Å²) in [5.74, 6) is 1.20. The highest BCUT2D eigenvalue weighted by Crippen LogP contribution is 2.10. The second-order valence-corrected chi connectivity index (χ2v) is 4.63. The molecule has 1 aromatic rings. The van der Waals surface area contributed by atoms with Gasteiger partial charge in [0.1, 0.15) is 5.82 Å². The summed E-state index contributed by atoms with van der Waals surface area (Å²) in [5, 5.41) is 3.46. The molecule has 1 aliphatic heterocycles. The molecule has 0 spiro atoms. The van der Waals surface area contributed by atoms with Crippen molar-refractivity contribution >= 4 is 0 Å². The smallest absolute Gasteiger partial charge is 0.108 e. The zero-order valence-corrected chi connectivity index (χ0v) is 10.7. The summed E-state index contributed by atoms with van der Waals surface area (Å²) >= 11 is 0. The Hall–Kier alpha value is -0.870. The Morgan fingerprint density at radius 1 is 1.59 bits per heavy atom. The van der Waals surface area contributed by atoms with Gasteiger partial charge in [0.25, 0.3) is 0 Å². The molecule has 2 rings (SSSR count). The largest absolute Gasteiger partial charge is 0.377 e. The Morgan fingerprint density at radius 2 is 2.53 bits per heavy atom. The first-order valence-corrected chi connectivity index (χ1v) is 6.72. The van der Waals surface area contributed by atoms with Crippen molar-refractivity contribution in [2.45, 2.75) is 45.3 Å². The fourth-order valence-electron chi connectivity index (χ4n) is 2.26. The monoisotopic (exact) mass is 237 g/mol. The van der Waals surface area contributed by atoms with Gasteiger partial charge in [-0.3, -0.25) is 0 Å². The van der Waals surface area contributed by atoms with E-state index in [2.05, 4.69) is 28.0 Å². The summed E-state index contributed by atoms with van der Waals surface area (Å²) in [5.41, 5.74) is 0. The first kappa shape index (κ1) is 12.6. The Bertz CT molecular complexity index is 318. The lowest BCUT2D eigenvalue weighted by atomic mass is 10.2. The van der Waals surface area contributed by atoms with Gasteiger partial charge in [0.15, 0.2) is 0 Å². The highest BCUT2D eigenvalue weighted by molar-refractivity contribution is 4.92. The van der Waals surface area contributed by atoms with Crippen LogP contribution in [0.2, 0.25) is 0 Å². The predicted molar refractivity (Wildman–Crippen MR) is 68.1 cm³/mol. The molecular weight excluding hydrogens is 214 g/mol. The van der Waals surface area contributed by atoms with Crippen LogP contribution >= 0.6 is 0 Å². The van der Waals surface area contributed by atoms with Crippen LogP contribution in [0.25, 0.3) is 0 Å². The summed E-state index contributed by atoms with van der Waals surface area (Å²) in [6.45, 7) is 6.11. The maximum atomic E-state index is 5.57. The minimum Gasteiger partial charge on any atom is -0.377 e. The summed E-state index contributed by atoms with van der Waals surface area (Å²) < 4.78 is 7.81. The van der Waals surface area contributed by atoms with Gasteiger partial charge in [0.2, 0.25) is 0 Å². The van der Waals surface area contributed by atoms with Gasteiger partial charge in [-0.05, 0) is 19.3 Å². The molecule has 1 unspecified atom stereocenters. The standard InChI is InChI=1S/C13H23N3O/c1-2-4-13-15-7-9-16(13)8-6-14-11-12-5-3-10-17-12/h7,9,12,14H,2-6,8,10-11H2,1H3. The van der Waals surface area contributed by atoms with Gasteiger partial charge in [-0.25, -0.2) is 4.98 Å². The van der Waals surface area contributed by atoms with E-state index in [1.165, 1.54) is 18.7 Å². The number of imidazole rings is 1. The van der Waals surface area contributed by atoms with Crippen LogP contribution in [0.1, 0.15) is 32.0 Å². The number of aryl methyl sites for hydroxylation is 1. The SMILES string of the molecule is CCCc1nccn1CCNCC1CCCO1. The van der Waals surface area contributed by atoms with Crippen molar-refractivity contribution in [1.82, 2.24) is 14.9 Å². The molecule has 1 atom stereocenters. The Labute approximate surface area is 103 Å². The zero-order valence-electron chi connectivity index (χ0n) is 10.7. The quantitative estimate of drug-likeness (QED) is 0.732. The summed E-state index contributed by atoms with van der Waals surface area (Å²) in [7, 11) is 0. The van der Waals surface area contributed by atoms with Gasteiger partial charge in [-0.15, -0.1) is 0 Å². The lowest BCUT2D eigenvalue weighted by molar-refractivity contribution is 0.110. The molecule has 0 aliphatic carbocycles. The van der Waals surface area contributed by atoms with Gasteiger partial charge >= 0.3 is 0 Å². The third-order valence-corrected chi connectivity index (χ3v) is 3.20. The molecule has 4 heteroatoms. The van der Waals surface area contributed by atoms with Crippen LogP contribution in [0, 0.1) is 0 Å². The second kappa shape index (κ2) is 6.77. The molecule has 1 N–H and O–H groups in total. The Kier molecular flexibility index (Phi) is 5.01. The number of rotatable bonds is 7. The number of nitrogens with one attached hydrogen (secondary N) is 1. The first-order chi connectivity index (χ1) is 8.40. The van der Waals surface area contributed by atoms with Gasteiger partial charge in [-0.2, -0.15) is 0 Å². The van der Waals surface area contributed by atoms with Crippen molar-refractivity contribution in [3.8, 4) is 0 Å². The van der Waals surface area contributed by atoms with Crippen LogP contribution in [-0.4, -0.2) is 35.4 Å². The maximum Gasteiger partial charge on any atom is 0.108 e. The number of hydrogen-bond acceptors (Lipinski definition) is 3. The van der Waals surface area contributed by atoms with Crippen molar-refractivity contribution in [1.29, 1.82) is 0 Å². The molecule has 2 heterocycles. The molecule has 1 aliphatic rings. The van der Waals surface area contributed by atoms with Gasteiger partial charge in [-0.1, -0.05) is 6.92 Å². The van der Waals surface area contributed by atoms with Crippen molar-refractivity contribution in [2.75, 3.05) is 19.7 Å². The van der Waals surface area contributed by atoms with E-state index in [0.717, 1.165) is 39.1 Å². The molecule has 0 aromatic carbocycles. The lowest BCUT2D eigenvalue weighted by Gasteiger charge is -2.12. The van der Waals surface area contributed by atoms with Crippen LogP contribution in [0.5, 0.6) is 0 Å². The average molecular weight is 237 g/mol. The van der Waals surface area contributed by atoms with Crippen molar-refractivity contribution < 1.29 is 4.74 Å². The normalized spacial score (nSPS) is 19.9.